The molecule has 1 aromatic rings. The Kier molecular flexibility index (Phi) is 4.18. The molecular formula is C14H20N2O2. The number of anilines is 1. The molecule has 2 rings (SSSR count). The first-order valence-corrected chi connectivity index (χ1v) is 6.64. The molecule has 2 heterocycles. The molecule has 1 aliphatic heterocycles. The molecular weight excluding hydrogens is 228 g/mol. The first-order chi connectivity index (χ1) is 8.68. The predicted molar refractivity (Wildman–Crippen MR) is 71.2 cm³/mol. The Hall–Kier alpha value is -1.58. The van der Waals surface area contributed by atoms with Gasteiger partial charge in [-0.05, 0) is 31.9 Å². The highest BCUT2D eigenvalue weighted by Gasteiger charge is 2.18. The fourth-order valence-corrected chi connectivity index (χ4v) is 2.41. The summed E-state index contributed by atoms with van der Waals surface area (Å²) in [5.74, 6) is -0.246. The van der Waals surface area contributed by atoms with Crippen LogP contribution in [0, 0.1) is 6.92 Å². The van der Waals surface area contributed by atoms with Crippen LogP contribution in [0.1, 0.15) is 48.2 Å². The molecule has 0 aliphatic carbocycles. The highest BCUT2D eigenvalue weighted by atomic mass is 16.4. The van der Waals surface area contributed by atoms with Crippen molar-refractivity contribution in [3.8, 4) is 0 Å². The van der Waals surface area contributed by atoms with Gasteiger partial charge in [-0.15, -0.1) is 0 Å². The minimum Gasteiger partial charge on any atom is -0.478 e. The summed E-state index contributed by atoms with van der Waals surface area (Å²) in [6, 6.07) is 3.43. The summed E-state index contributed by atoms with van der Waals surface area (Å²) in [5.41, 5.74) is 1.19. The normalized spacial score (nSPS) is 17.1. The van der Waals surface area contributed by atoms with Crippen LogP contribution in [0.15, 0.2) is 12.1 Å². The minimum atomic E-state index is -0.889. The monoisotopic (exact) mass is 248 g/mol. The fourth-order valence-electron chi connectivity index (χ4n) is 2.41. The lowest BCUT2D eigenvalue weighted by Gasteiger charge is -2.27. The van der Waals surface area contributed by atoms with E-state index in [9.17, 15) is 9.90 Å². The van der Waals surface area contributed by atoms with E-state index in [1.807, 2.05) is 6.92 Å². The van der Waals surface area contributed by atoms with Gasteiger partial charge in [-0.25, -0.2) is 9.78 Å². The molecule has 4 heteroatoms. The van der Waals surface area contributed by atoms with Crippen LogP contribution in [0.2, 0.25) is 0 Å². The molecule has 0 aromatic carbocycles. The van der Waals surface area contributed by atoms with Gasteiger partial charge < -0.3 is 10.0 Å². The van der Waals surface area contributed by atoms with Crippen molar-refractivity contribution >= 4 is 11.8 Å². The fraction of sp³-hybridized carbons (Fsp3) is 0.571. The molecule has 0 saturated carbocycles. The molecule has 0 spiro atoms. The summed E-state index contributed by atoms with van der Waals surface area (Å²) >= 11 is 0. The van der Waals surface area contributed by atoms with Gasteiger partial charge in [-0.3, -0.25) is 0 Å². The Morgan fingerprint density at radius 2 is 1.78 bits per heavy atom. The number of hydrogen-bond acceptors (Lipinski definition) is 3. The van der Waals surface area contributed by atoms with E-state index in [2.05, 4.69) is 9.88 Å². The van der Waals surface area contributed by atoms with E-state index in [1.54, 1.807) is 12.1 Å². The third-order valence-electron chi connectivity index (χ3n) is 3.40. The lowest BCUT2D eigenvalue weighted by Crippen LogP contribution is -2.29. The number of carboxylic acids is 1. The summed E-state index contributed by atoms with van der Waals surface area (Å²) in [7, 11) is 0. The van der Waals surface area contributed by atoms with Gasteiger partial charge in [0.25, 0.3) is 0 Å². The zero-order chi connectivity index (χ0) is 13.0. The molecule has 1 fully saturated rings. The van der Waals surface area contributed by atoms with Gasteiger partial charge in [0.2, 0.25) is 0 Å². The minimum absolute atomic E-state index is 0.321. The average Bonchev–Trinajstić information content (AvgIpc) is 2.27. The molecule has 0 bridgehead atoms. The third-order valence-corrected chi connectivity index (χ3v) is 3.40. The second-order valence-corrected chi connectivity index (χ2v) is 4.88. The van der Waals surface area contributed by atoms with Crippen LogP contribution in [-0.4, -0.2) is 29.1 Å². The number of aromatic carboxylic acids is 1. The van der Waals surface area contributed by atoms with E-state index < -0.39 is 5.97 Å². The SMILES string of the molecule is Cc1ccc(C(=O)O)c(N2CCCCCCC2)n1. The number of rotatable bonds is 2. The van der Waals surface area contributed by atoms with Gasteiger partial charge in [0.15, 0.2) is 0 Å². The van der Waals surface area contributed by atoms with Crippen molar-refractivity contribution in [3.63, 3.8) is 0 Å². The molecule has 0 atom stereocenters. The topological polar surface area (TPSA) is 53.4 Å². The maximum absolute atomic E-state index is 11.3. The van der Waals surface area contributed by atoms with E-state index in [1.165, 1.54) is 19.3 Å². The maximum Gasteiger partial charge on any atom is 0.339 e. The van der Waals surface area contributed by atoms with Crippen molar-refractivity contribution in [2.24, 2.45) is 0 Å². The number of carbonyl (C=O) groups is 1. The molecule has 1 aliphatic rings. The molecule has 1 saturated heterocycles. The first-order valence-electron chi connectivity index (χ1n) is 6.64. The van der Waals surface area contributed by atoms with Gasteiger partial charge in [0.05, 0.1) is 0 Å². The van der Waals surface area contributed by atoms with Crippen molar-refractivity contribution in [1.29, 1.82) is 0 Å². The number of aryl methyl sites for hydroxylation is 1. The maximum atomic E-state index is 11.3. The standard InChI is InChI=1S/C14H20N2O2/c1-11-7-8-12(14(17)18)13(15-11)16-9-5-3-2-4-6-10-16/h7-8H,2-6,9-10H2,1H3,(H,17,18). The van der Waals surface area contributed by atoms with E-state index in [-0.39, 0.29) is 0 Å². The molecule has 0 radical (unpaired) electrons. The van der Waals surface area contributed by atoms with Crippen molar-refractivity contribution in [3.05, 3.63) is 23.4 Å². The molecule has 98 valence electrons. The predicted octanol–water partition coefficient (Wildman–Crippen LogP) is 2.86. The van der Waals surface area contributed by atoms with E-state index >= 15 is 0 Å². The Morgan fingerprint density at radius 1 is 1.17 bits per heavy atom. The number of hydrogen-bond donors (Lipinski definition) is 1. The molecule has 0 amide bonds. The lowest BCUT2D eigenvalue weighted by molar-refractivity contribution is 0.0697. The second kappa shape index (κ2) is 5.85. The van der Waals surface area contributed by atoms with E-state index in [4.69, 9.17) is 0 Å². The van der Waals surface area contributed by atoms with Crippen LogP contribution in [0.3, 0.4) is 0 Å². The van der Waals surface area contributed by atoms with E-state index in [0.717, 1.165) is 31.6 Å². The summed E-state index contributed by atoms with van der Waals surface area (Å²) < 4.78 is 0. The first kappa shape index (κ1) is 12.9. The molecule has 18 heavy (non-hydrogen) atoms. The third kappa shape index (κ3) is 3.00. The molecule has 1 aromatic heterocycles. The quantitative estimate of drug-likeness (QED) is 0.874. The van der Waals surface area contributed by atoms with E-state index in [0.29, 0.717) is 11.4 Å². The van der Waals surface area contributed by atoms with Crippen LogP contribution >= 0.6 is 0 Å². The number of pyridine rings is 1. The molecule has 0 unspecified atom stereocenters. The highest BCUT2D eigenvalue weighted by molar-refractivity contribution is 5.93. The van der Waals surface area contributed by atoms with Gasteiger partial charge >= 0.3 is 5.97 Å². The summed E-state index contributed by atoms with van der Waals surface area (Å²) in [6.45, 7) is 3.73. The Bertz CT molecular complexity index is 424. The summed E-state index contributed by atoms with van der Waals surface area (Å²) in [4.78, 5) is 17.8. The Morgan fingerprint density at radius 3 is 2.39 bits per heavy atom. The van der Waals surface area contributed by atoms with Gasteiger partial charge in [-0.1, -0.05) is 19.3 Å². The van der Waals surface area contributed by atoms with Crippen molar-refractivity contribution < 1.29 is 9.90 Å². The van der Waals surface area contributed by atoms with Gasteiger partial charge in [-0.2, -0.15) is 0 Å². The van der Waals surface area contributed by atoms with Crippen molar-refractivity contribution in [2.75, 3.05) is 18.0 Å². The molecule has 4 nitrogen and oxygen atoms in total. The van der Waals surface area contributed by atoms with Crippen molar-refractivity contribution in [1.82, 2.24) is 4.98 Å². The van der Waals surface area contributed by atoms with Crippen LogP contribution in [0.25, 0.3) is 0 Å². The zero-order valence-corrected chi connectivity index (χ0v) is 10.9. The summed E-state index contributed by atoms with van der Waals surface area (Å²) in [5, 5.41) is 9.25. The van der Waals surface area contributed by atoms with Gasteiger partial charge in [0.1, 0.15) is 11.4 Å². The largest absolute Gasteiger partial charge is 0.478 e. The lowest BCUT2D eigenvalue weighted by atomic mass is 10.1. The Balaban J connectivity index is 2.28. The summed E-state index contributed by atoms with van der Waals surface area (Å²) in [6.07, 6.45) is 5.99. The van der Waals surface area contributed by atoms with Gasteiger partial charge in [0, 0.05) is 18.8 Å². The number of nitrogens with zero attached hydrogens (tertiary/aromatic N) is 2. The second-order valence-electron chi connectivity index (χ2n) is 4.88. The smallest absolute Gasteiger partial charge is 0.339 e. The van der Waals surface area contributed by atoms with Crippen LogP contribution in [-0.2, 0) is 0 Å². The van der Waals surface area contributed by atoms with Crippen LogP contribution in [0.4, 0.5) is 5.82 Å². The zero-order valence-electron chi connectivity index (χ0n) is 10.9. The highest BCUT2D eigenvalue weighted by Crippen LogP contribution is 2.22. The van der Waals surface area contributed by atoms with Crippen molar-refractivity contribution in [2.45, 2.75) is 39.0 Å². The van der Waals surface area contributed by atoms with Crippen LogP contribution < -0.4 is 4.90 Å². The number of aromatic nitrogens is 1. The molecule has 1 N–H and O–H groups in total. The average molecular weight is 248 g/mol. The number of carboxylic acid groups (broad SMARTS) is 1. The van der Waals surface area contributed by atoms with Crippen LogP contribution in [0.5, 0.6) is 0 Å². The Labute approximate surface area is 108 Å².